The number of anilines is 2. The van der Waals surface area contributed by atoms with Crippen LogP contribution in [-0.4, -0.2) is 27.5 Å². The van der Waals surface area contributed by atoms with Crippen LogP contribution in [0.15, 0.2) is 95.9 Å². The second kappa shape index (κ2) is 10.2. The van der Waals surface area contributed by atoms with Crippen LogP contribution in [0.4, 0.5) is 11.4 Å². The quantitative estimate of drug-likeness (QED) is 0.339. The van der Waals surface area contributed by atoms with Crippen LogP contribution in [0.1, 0.15) is 6.92 Å². The highest BCUT2D eigenvalue weighted by Crippen LogP contribution is 2.30. The predicted molar refractivity (Wildman–Crippen MR) is 136 cm³/mol. The Hall–Kier alpha value is -3.55. The van der Waals surface area contributed by atoms with Gasteiger partial charge in [0, 0.05) is 16.1 Å². The molecule has 174 valence electrons. The zero-order valence-corrected chi connectivity index (χ0v) is 20.0. The van der Waals surface area contributed by atoms with E-state index in [1.54, 1.807) is 66.7 Å². The molecule has 0 radical (unpaired) electrons. The number of carbonyl (C=O) groups excluding carboxylic acids is 1. The molecule has 0 fully saturated rings. The number of hydrogen-bond donors (Lipinski definition) is 1. The number of ether oxygens (including phenoxy) is 1. The molecule has 0 atom stereocenters. The fraction of sp³-hybridized carbons (Fsp3) is 0.115. The van der Waals surface area contributed by atoms with E-state index in [4.69, 9.17) is 16.3 Å². The summed E-state index contributed by atoms with van der Waals surface area (Å²) in [5, 5.41) is 4.48. The number of hydrogen-bond acceptors (Lipinski definition) is 4. The lowest BCUT2D eigenvalue weighted by molar-refractivity contribution is -0.114. The Morgan fingerprint density at radius 1 is 0.941 bits per heavy atom. The van der Waals surface area contributed by atoms with Gasteiger partial charge < -0.3 is 10.1 Å². The summed E-state index contributed by atoms with van der Waals surface area (Å²) in [5.41, 5.74) is 0.823. The number of fused-ring (bicyclic) bond motifs is 1. The van der Waals surface area contributed by atoms with E-state index in [1.165, 1.54) is 6.07 Å². The normalized spacial score (nSPS) is 11.2. The Kier molecular flexibility index (Phi) is 7.05. The monoisotopic (exact) mass is 494 g/mol. The lowest BCUT2D eigenvalue weighted by Crippen LogP contribution is -2.38. The molecule has 4 aromatic rings. The molecule has 0 saturated carbocycles. The summed E-state index contributed by atoms with van der Waals surface area (Å²) in [7, 11) is -4.11. The van der Waals surface area contributed by atoms with Gasteiger partial charge in [-0.1, -0.05) is 54.1 Å². The fourth-order valence-corrected chi connectivity index (χ4v) is 5.43. The Balaban J connectivity index is 1.69. The van der Waals surface area contributed by atoms with Gasteiger partial charge >= 0.3 is 0 Å². The summed E-state index contributed by atoms with van der Waals surface area (Å²) in [6.45, 7) is 1.99. The molecular weight excluding hydrogens is 472 g/mol. The number of benzene rings is 4. The molecule has 0 aliphatic carbocycles. The van der Waals surface area contributed by atoms with E-state index in [0.29, 0.717) is 34.1 Å². The molecule has 0 aliphatic heterocycles. The average Bonchev–Trinajstić information content (AvgIpc) is 2.83. The SMILES string of the molecule is CCOc1ccc(NC(=O)CN(c2cccc(Cl)c2)S(=O)(=O)c2cccc3ccccc23)cc1. The van der Waals surface area contributed by atoms with Crippen molar-refractivity contribution < 1.29 is 17.9 Å². The van der Waals surface area contributed by atoms with Crippen molar-refractivity contribution in [2.75, 3.05) is 22.8 Å². The average molecular weight is 495 g/mol. The molecule has 0 bridgehead atoms. The highest BCUT2D eigenvalue weighted by molar-refractivity contribution is 7.93. The third-order valence-corrected chi connectivity index (χ3v) is 7.22. The first-order valence-electron chi connectivity index (χ1n) is 10.7. The van der Waals surface area contributed by atoms with Gasteiger partial charge in [-0.05, 0) is 60.8 Å². The van der Waals surface area contributed by atoms with Crippen LogP contribution in [0.3, 0.4) is 0 Å². The molecule has 6 nitrogen and oxygen atoms in total. The molecular formula is C26H23ClN2O4S. The molecule has 34 heavy (non-hydrogen) atoms. The van der Waals surface area contributed by atoms with E-state index in [0.717, 1.165) is 9.69 Å². The van der Waals surface area contributed by atoms with Crippen LogP contribution in [0, 0.1) is 0 Å². The molecule has 8 heteroatoms. The van der Waals surface area contributed by atoms with E-state index in [-0.39, 0.29) is 4.90 Å². The highest BCUT2D eigenvalue weighted by atomic mass is 35.5. The third-order valence-electron chi connectivity index (χ3n) is 5.15. The Morgan fingerprint density at radius 2 is 1.65 bits per heavy atom. The fourth-order valence-electron chi connectivity index (χ4n) is 3.62. The topological polar surface area (TPSA) is 75.7 Å². The van der Waals surface area contributed by atoms with E-state index in [1.807, 2.05) is 25.1 Å². The molecule has 1 N–H and O–H groups in total. The summed E-state index contributed by atoms with van der Waals surface area (Å²) in [5.74, 6) is 0.188. The van der Waals surface area contributed by atoms with E-state index < -0.39 is 22.5 Å². The van der Waals surface area contributed by atoms with E-state index >= 15 is 0 Å². The second-order valence-corrected chi connectivity index (χ2v) is 9.74. The molecule has 0 unspecified atom stereocenters. The van der Waals surface area contributed by atoms with Crippen LogP contribution in [-0.2, 0) is 14.8 Å². The predicted octanol–water partition coefficient (Wildman–Crippen LogP) is 5.73. The van der Waals surface area contributed by atoms with Crippen molar-refractivity contribution in [3.05, 3.63) is 96.0 Å². The number of nitrogens with one attached hydrogen (secondary N) is 1. The summed E-state index contributed by atoms with van der Waals surface area (Å²) in [6.07, 6.45) is 0. The van der Waals surface area contributed by atoms with Crippen LogP contribution < -0.4 is 14.4 Å². The van der Waals surface area contributed by atoms with Crippen molar-refractivity contribution in [2.45, 2.75) is 11.8 Å². The summed E-state index contributed by atoms with van der Waals surface area (Å²) < 4.78 is 34.2. The first-order valence-corrected chi connectivity index (χ1v) is 12.5. The van der Waals surface area contributed by atoms with Crippen LogP contribution in [0.25, 0.3) is 10.8 Å². The third kappa shape index (κ3) is 5.16. The maximum absolute atomic E-state index is 13.8. The molecule has 4 aromatic carbocycles. The molecule has 0 spiro atoms. The van der Waals surface area contributed by atoms with Gasteiger partial charge in [-0.15, -0.1) is 0 Å². The number of halogens is 1. The van der Waals surface area contributed by atoms with Crippen LogP contribution in [0.5, 0.6) is 5.75 Å². The first-order chi connectivity index (χ1) is 16.4. The van der Waals surface area contributed by atoms with Crippen molar-refractivity contribution in [1.29, 1.82) is 0 Å². The van der Waals surface area contributed by atoms with Gasteiger partial charge in [-0.25, -0.2) is 8.42 Å². The molecule has 0 aromatic heterocycles. The lowest BCUT2D eigenvalue weighted by atomic mass is 10.1. The molecule has 0 aliphatic rings. The lowest BCUT2D eigenvalue weighted by Gasteiger charge is -2.25. The smallest absolute Gasteiger partial charge is 0.265 e. The van der Waals surface area contributed by atoms with Gasteiger partial charge in [-0.3, -0.25) is 9.10 Å². The van der Waals surface area contributed by atoms with Crippen molar-refractivity contribution in [1.82, 2.24) is 0 Å². The van der Waals surface area contributed by atoms with Gasteiger partial charge in [0.2, 0.25) is 5.91 Å². The van der Waals surface area contributed by atoms with Gasteiger partial charge in [0.1, 0.15) is 12.3 Å². The van der Waals surface area contributed by atoms with Gasteiger partial charge in [0.25, 0.3) is 10.0 Å². The zero-order valence-electron chi connectivity index (χ0n) is 18.4. The van der Waals surface area contributed by atoms with Crippen molar-refractivity contribution in [2.24, 2.45) is 0 Å². The van der Waals surface area contributed by atoms with Crippen molar-refractivity contribution in [3.8, 4) is 5.75 Å². The highest BCUT2D eigenvalue weighted by Gasteiger charge is 2.29. The van der Waals surface area contributed by atoms with Gasteiger partial charge in [0.05, 0.1) is 17.2 Å². The molecule has 4 rings (SSSR count). The molecule has 0 saturated heterocycles. The minimum Gasteiger partial charge on any atom is -0.494 e. The van der Waals surface area contributed by atoms with Crippen molar-refractivity contribution in [3.63, 3.8) is 0 Å². The number of carbonyl (C=O) groups is 1. The van der Waals surface area contributed by atoms with Crippen LogP contribution >= 0.6 is 11.6 Å². The number of nitrogens with zero attached hydrogens (tertiary/aromatic N) is 1. The maximum atomic E-state index is 13.8. The standard InChI is InChI=1S/C26H23ClN2O4S/c1-2-33-23-15-13-21(14-16-23)28-26(30)18-29(22-10-6-9-20(27)17-22)34(31,32)25-12-5-8-19-7-3-4-11-24(19)25/h3-17H,2,18H2,1H3,(H,28,30). The van der Waals surface area contributed by atoms with Gasteiger partial charge in [-0.2, -0.15) is 0 Å². The minimum absolute atomic E-state index is 0.111. The maximum Gasteiger partial charge on any atom is 0.265 e. The minimum atomic E-state index is -4.11. The summed E-state index contributed by atoms with van der Waals surface area (Å²) in [6, 6.07) is 25.6. The molecule has 1 amide bonds. The van der Waals surface area contributed by atoms with E-state index in [9.17, 15) is 13.2 Å². The van der Waals surface area contributed by atoms with E-state index in [2.05, 4.69) is 5.32 Å². The Labute approximate surface area is 203 Å². The molecule has 0 heterocycles. The van der Waals surface area contributed by atoms with Crippen LogP contribution in [0.2, 0.25) is 5.02 Å². The number of rotatable bonds is 8. The Morgan fingerprint density at radius 3 is 2.38 bits per heavy atom. The summed E-state index contributed by atoms with van der Waals surface area (Å²) in [4.78, 5) is 13.1. The first kappa shape index (κ1) is 23.6. The summed E-state index contributed by atoms with van der Waals surface area (Å²) >= 11 is 6.15. The number of amides is 1. The number of sulfonamides is 1. The zero-order chi connectivity index (χ0) is 24.1. The second-order valence-electron chi connectivity index (χ2n) is 7.47. The van der Waals surface area contributed by atoms with Crippen molar-refractivity contribution >= 4 is 49.7 Å². The van der Waals surface area contributed by atoms with Gasteiger partial charge in [0.15, 0.2) is 0 Å². The largest absolute Gasteiger partial charge is 0.494 e. The Bertz CT molecular complexity index is 1420.